The molecule has 1 aliphatic heterocycles. The first-order chi connectivity index (χ1) is 22.3. The Morgan fingerprint density at radius 2 is 1.72 bits per heavy atom. The van der Waals surface area contributed by atoms with Gasteiger partial charge in [0.1, 0.15) is 0 Å². The molecule has 1 aliphatic carbocycles. The lowest BCUT2D eigenvalue weighted by Gasteiger charge is -2.32. The first-order valence-corrected chi connectivity index (χ1v) is 15.2. The van der Waals surface area contributed by atoms with Crippen molar-refractivity contribution in [3.05, 3.63) is 76.0 Å². The molecular weight excluding hydrogens is 642 g/mol. The van der Waals surface area contributed by atoms with Crippen LogP contribution in [0.2, 0.25) is 5.02 Å². The summed E-state index contributed by atoms with van der Waals surface area (Å²) in [7, 11) is 1.48. The van der Waals surface area contributed by atoms with E-state index >= 15 is 8.78 Å². The van der Waals surface area contributed by atoms with Gasteiger partial charge in [-0.3, -0.25) is 19.1 Å². The van der Waals surface area contributed by atoms with Gasteiger partial charge < -0.3 is 19.7 Å². The number of aromatic nitrogens is 4. The van der Waals surface area contributed by atoms with Gasteiger partial charge in [0.25, 0.3) is 17.7 Å². The number of nitrogens with zero attached hydrogens (tertiary/aromatic N) is 6. The van der Waals surface area contributed by atoms with Crippen LogP contribution in [-0.2, 0) is 18.4 Å². The summed E-state index contributed by atoms with van der Waals surface area (Å²) in [4.78, 5) is 44.3. The molecule has 2 aromatic carbocycles. The maximum atomic E-state index is 15.6. The predicted octanol–water partition coefficient (Wildman–Crippen LogP) is 5.32. The lowest BCUT2D eigenvalue weighted by Crippen LogP contribution is -2.48. The summed E-state index contributed by atoms with van der Waals surface area (Å²) in [5, 5.41) is 7.07. The molecule has 2 fully saturated rings. The van der Waals surface area contributed by atoms with Crippen molar-refractivity contribution < 1.29 is 31.9 Å². The third-order valence-electron chi connectivity index (χ3n) is 8.76. The molecule has 0 bridgehead atoms. The molecule has 3 amide bonds. The van der Waals surface area contributed by atoms with Crippen LogP contribution in [0.1, 0.15) is 38.8 Å². The van der Waals surface area contributed by atoms with Gasteiger partial charge in [-0.2, -0.15) is 5.10 Å². The highest BCUT2D eigenvalue weighted by molar-refractivity contribution is 6.34. The number of imidazole rings is 1. The number of anilines is 1. The van der Waals surface area contributed by atoms with Crippen molar-refractivity contribution in [2.75, 3.05) is 31.5 Å². The van der Waals surface area contributed by atoms with E-state index in [1.54, 1.807) is 23.6 Å². The Bertz CT molecular complexity index is 1920. The standard InChI is InChI=1S/C32H30ClF4N7O3/c1-17-26(18(2)44(40-17)15-19-13-32(19,36)37)23-7-6-22(27(34)28(23)35)25-14-38-29(41(25)3)30(46)39-20-4-5-21(24(33)12-20)31(47)43-10-8-42(16-45)9-11-43/h4-7,12,14,16,19H,8-11,13,15H2,1-3H3,(H,39,46). The van der Waals surface area contributed by atoms with Crippen LogP contribution in [0.5, 0.6) is 0 Å². The number of carbonyl (C=O) groups is 3. The normalized spacial score (nSPS) is 17.1. The summed E-state index contributed by atoms with van der Waals surface area (Å²) in [6, 6.07) is 7.18. The third-order valence-corrected chi connectivity index (χ3v) is 9.07. The number of carbonyl (C=O) groups excluding carboxylic acids is 3. The summed E-state index contributed by atoms with van der Waals surface area (Å²) in [6.45, 7) is 4.80. The molecular formula is C32H30ClF4N7O3. The number of hydrogen-bond donors (Lipinski definition) is 1. The molecule has 3 heterocycles. The molecule has 47 heavy (non-hydrogen) atoms. The summed E-state index contributed by atoms with van der Waals surface area (Å²) in [5.74, 6) is -6.94. The van der Waals surface area contributed by atoms with E-state index < -0.39 is 29.4 Å². The Balaban J connectivity index is 1.18. The molecule has 0 spiro atoms. The van der Waals surface area contributed by atoms with Crippen molar-refractivity contribution >= 4 is 35.5 Å². The van der Waals surface area contributed by atoms with Gasteiger partial charge >= 0.3 is 0 Å². The third kappa shape index (κ3) is 5.97. The van der Waals surface area contributed by atoms with Crippen molar-refractivity contribution in [1.82, 2.24) is 29.1 Å². The van der Waals surface area contributed by atoms with Crippen LogP contribution in [0, 0.1) is 31.4 Å². The second-order valence-electron chi connectivity index (χ2n) is 11.8. The van der Waals surface area contributed by atoms with Crippen LogP contribution in [-0.4, -0.2) is 79.5 Å². The predicted molar refractivity (Wildman–Crippen MR) is 165 cm³/mol. The molecule has 6 rings (SSSR count). The molecule has 15 heteroatoms. The average Bonchev–Trinajstić information content (AvgIpc) is 3.30. The summed E-state index contributed by atoms with van der Waals surface area (Å²) >= 11 is 6.39. The average molecular weight is 672 g/mol. The first kappa shape index (κ1) is 32.2. The van der Waals surface area contributed by atoms with Gasteiger partial charge in [0.05, 0.1) is 28.2 Å². The molecule has 1 atom stereocenters. The molecule has 1 N–H and O–H groups in total. The lowest BCUT2D eigenvalue weighted by atomic mass is 10.00. The van der Waals surface area contributed by atoms with E-state index in [1.807, 2.05) is 0 Å². The van der Waals surface area contributed by atoms with E-state index in [1.165, 1.54) is 52.8 Å². The molecule has 2 aromatic heterocycles. The molecule has 0 radical (unpaired) electrons. The smallest absolute Gasteiger partial charge is 0.291 e. The Kier molecular flexibility index (Phi) is 8.32. The fraction of sp³-hybridized carbons (Fsp3) is 0.344. The lowest BCUT2D eigenvalue weighted by molar-refractivity contribution is -0.119. The summed E-state index contributed by atoms with van der Waals surface area (Å²) < 4.78 is 60.8. The van der Waals surface area contributed by atoms with Crippen LogP contribution >= 0.6 is 11.6 Å². The maximum Gasteiger partial charge on any atom is 0.291 e. The van der Waals surface area contributed by atoms with Crippen LogP contribution in [0.4, 0.5) is 23.2 Å². The minimum atomic E-state index is -2.74. The molecule has 2 aliphatic rings. The number of nitrogens with one attached hydrogen (secondary N) is 1. The maximum absolute atomic E-state index is 15.6. The van der Waals surface area contributed by atoms with E-state index in [0.717, 1.165) is 6.41 Å². The van der Waals surface area contributed by atoms with Crippen molar-refractivity contribution in [2.24, 2.45) is 13.0 Å². The van der Waals surface area contributed by atoms with E-state index in [4.69, 9.17) is 11.6 Å². The second-order valence-corrected chi connectivity index (χ2v) is 12.2. The largest absolute Gasteiger partial charge is 0.342 e. The summed E-state index contributed by atoms with van der Waals surface area (Å²) in [6.07, 6.45) is 1.76. The van der Waals surface area contributed by atoms with Crippen molar-refractivity contribution in [3.63, 3.8) is 0 Å². The Morgan fingerprint density at radius 1 is 1.06 bits per heavy atom. The van der Waals surface area contributed by atoms with Crippen LogP contribution < -0.4 is 5.32 Å². The number of amides is 3. The molecule has 1 unspecified atom stereocenters. The van der Waals surface area contributed by atoms with E-state index in [-0.39, 0.29) is 57.8 Å². The highest BCUT2D eigenvalue weighted by Gasteiger charge is 2.57. The SMILES string of the molecule is Cc1nn(CC2CC2(F)F)c(C)c1-c1ccc(-c2cnc(C(=O)Nc3ccc(C(=O)N4CCN(C=O)CC4)c(Cl)c3)n2C)c(F)c1F. The van der Waals surface area contributed by atoms with E-state index in [0.29, 0.717) is 43.1 Å². The van der Waals surface area contributed by atoms with Gasteiger partial charge in [0, 0.05) is 80.2 Å². The van der Waals surface area contributed by atoms with Crippen LogP contribution in [0.25, 0.3) is 22.4 Å². The molecule has 246 valence electrons. The minimum absolute atomic E-state index is 0.0167. The number of rotatable bonds is 8. The zero-order valence-corrected chi connectivity index (χ0v) is 26.4. The fourth-order valence-corrected chi connectivity index (χ4v) is 6.17. The van der Waals surface area contributed by atoms with Crippen molar-refractivity contribution in [2.45, 2.75) is 32.7 Å². The molecule has 1 saturated heterocycles. The number of hydrogen-bond acceptors (Lipinski definition) is 5. The first-order valence-electron chi connectivity index (χ1n) is 14.8. The Morgan fingerprint density at radius 3 is 2.36 bits per heavy atom. The highest BCUT2D eigenvalue weighted by atomic mass is 35.5. The van der Waals surface area contributed by atoms with E-state index in [9.17, 15) is 23.2 Å². The van der Waals surface area contributed by atoms with Gasteiger partial charge in [-0.25, -0.2) is 22.5 Å². The Labute approximate surface area is 271 Å². The number of halogens is 5. The van der Waals surface area contributed by atoms with Crippen molar-refractivity contribution in [1.29, 1.82) is 0 Å². The molecule has 4 aromatic rings. The number of alkyl halides is 2. The fourth-order valence-electron chi connectivity index (χ4n) is 5.91. The number of aryl methyl sites for hydroxylation is 1. The monoisotopic (exact) mass is 671 g/mol. The number of benzene rings is 2. The second kappa shape index (κ2) is 12.1. The quantitative estimate of drug-likeness (QED) is 0.202. The van der Waals surface area contributed by atoms with E-state index in [2.05, 4.69) is 15.4 Å². The van der Waals surface area contributed by atoms with Crippen molar-refractivity contribution in [3.8, 4) is 22.4 Å². The van der Waals surface area contributed by atoms with Crippen LogP contribution in [0.15, 0.2) is 36.5 Å². The van der Waals surface area contributed by atoms with Gasteiger partial charge in [-0.15, -0.1) is 0 Å². The minimum Gasteiger partial charge on any atom is -0.342 e. The van der Waals surface area contributed by atoms with Gasteiger partial charge in [0.15, 0.2) is 17.5 Å². The Hall–Kier alpha value is -4.72. The number of piperazine rings is 1. The zero-order chi connectivity index (χ0) is 33.8. The molecule has 10 nitrogen and oxygen atoms in total. The summed E-state index contributed by atoms with van der Waals surface area (Å²) in [5.41, 5.74) is 1.62. The topological polar surface area (TPSA) is 105 Å². The zero-order valence-electron chi connectivity index (χ0n) is 25.7. The highest BCUT2D eigenvalue weighted by Crippen LogP contribution is 2.49. The molecule has 1 saturated carbocycles. The van der Waals surface area contributed by atoms with Gasteiger partial charge in [-0.1, -0.05) is 17.7 Å². The van der Waals surface area contributed by atoms with Crippen LogP contribution in [0.3, 0.4) is 0 Å². The van der Waals surface area contributed by atoms with Gasteiger partial charge in [-0.05, 0) is 38.1 Å². The van der Waals surface area contributed by atoms with Gasteiger partial charge in [0.2, 0.25) is 6.41 Å².